The second-order valence-corrected chi connectivity index (χ2v) is 5.89. The van der Waals surface area contributed by atoms with Crippen LogP contribution in [-0.4, -0.2) is 25.9 Å². The molecule has 24 heavy (non-hydrogen) atoms. The molecule has 0 N–H and O–H groups in total. The van der Waals surface area contributed by atoms with Crippen LogP contribution in [0.15, 0.2) is 24.3 Å². The highest BCUT2D eigenvalue weighted by Gasteiger charge is 2.27. The van der Waals surface area contributed by atoms with Gasteiger partial charge in [-0.05, 0) is 36.2 Å². The Labute approximate surface area is 137 Å². The van der Waals surface area contributed by atoms with Crippen molar-refractivity contribution in [1.82, 2.24) is 0 Å². The molecule has 2 aliphatic heterocycles. The van der Waals surface area contributed by atoms with E-state index in [1.165, 1.54) is 6.07 Å². The molecule has 0 fully saturated rings. The van der Waals surface area contributed by atoms with E-state index in [1.54, 1.807) is 25.1 Å². The van der Waals surface area contributed by atoms with Crippen molar-refractivity contribution in [2.45, 2.75) is 19.4 Å². The molecular formula is C18H16F2O4. The lowest BCUT2D eigenvalue weighted by Crippen LogP contribution is -2.32. The Kier molecular flexibility index (Phi) is 3.67. The summed E-state index contributed by atoms with van der Waals surface area (Å²) in [6.07, 6.45) is -0.118. The SMILES string of the molecule is Cc1cc(F)c2c(c1)OC(Cc1ccc3c(c1F)OCCO3)CO2. The third-order valence-electron chi connectivity index (χ3n) is 4.04. The maximum atomic E-state index is 14.6. The number of fused-ring (bicyclic) bond motifs is 2. The molecule has 2 aromatic rings. The van der Waals surface area contributed by atoms with Crippen molar-refractivity contribution in [2.75, 3.05) is 19.8 Å². The molecule has 4 nitrogen and oxygen atoms in total. The Balaban J connectivity index is 1.56. The summed E-state index contributed by atoms with van der Waals surface area (Å²) in [5.41, 5.74) is 1.19. The first kappa shape index (κ1) is 15.1. The molecule has 4 rings (SSSR count). The van der Waals surface area contributed by atoms with Crippen molar-refractivity contribution in [3.8, 4) is 23.0 Å². The van der Waals surface area contributed by atoms with Crippen molar-refractivity contribution in [1.29, 1.82) is 0 Å². The number of rotatable bonds is 2. The van der Waals surface area contributed by atoms with Gasteiger partial charge in [-0.25, -0.2) is 8.78 Å². The van der Waals surface area contributed by atoms with Gasteiger partial charge >= 0.3 is 0 Å². The van der Waals surface area contributed by atoms with Crippen LogP contribution in [0.1, 0.15) is 11.1 Å². The molecule has 2 heterocycles. The monoisotopic (exact) mass is 334 g/mol. The molecule has 0 aliphatic carbocycles. The fourth-order valence-electron chi connectivity index (χ4n) is 2.94. The Hall–Kier alpha value is -2.50. The Bertz CT molecular complexity index is 791. The van der Waals surface area contributed by atoms with Gasteiger partial charge in [-0.15, -0.1) is 0 Å². The van der Waals surface area contributed by atoms with Crippen molar-refractivity contribution in [3.63, 3.8) is 0 Å². The lowest BCUT2D eigenvalue weighted by atomic mass is 10.1. The summed E-state index contributed by atoms with van der Waals surface area (Å²) in [5.74, 6) is 0.108. The quantitative estimate of drug-likeness (QED) is 0.843. The van der Waals surface area contributed by atoms with Crippen molar-refractivity contribution in [3.05, 3.63) is 47.0 Å². The zero-order chi connectivity index (χ0) is 16.7. The van der Waals surface area contributed by atoms with Gasteiger partial charge in [0.25, 0.3) is 0 Å². The maximum Gasteiger partial charge on any atom is 0.197 e. The number of hydrogen-bond donors (Lipinski definition) is 0. The number of benzene rings is 2. The largest absolute Gasteiger partial charge is 0.486 e. The smallest absolute Gasteiger partial charge is 0.197 e. The standard InChI is InChI=1S/C18H16F2O4/c1-10-6-13(19)17-15(7-10)24-12(9-23-17)8-11-2-3-14-18(16(11)20)22-5-4-21-14/h2-3,6-7,12H,4-5,8-9H2,1H3. The first-order chi connectivity index (χ1) is 11.6. The summed E-state index contributed by atoms with van der Waals surface area (Å²) in [6, 6.07) is 6.45. The summed E-state index contributed by atoms with van der Waals surface area (Å²) >= 11 is 0. The van der Waals surface area contributed by atoms with Gasteiger partial charge in [-0.1, -0.05) is 6.07 Å². The Morgan fingerprint density at radius 1 is 1.00 bits per heavy atom. The molecule has 6 heteroatoms. The lowest BCUT2D eigenvalue weighted by molar-refractivity contribution is 0.0859. The van der Waals surface area contributed by atoms with E-state index in [0.717, 1.165) is 5.56 Å². The molecule has 0 amide bonds. The molecule has 0 saturated carbocycles. The molecule has 2 aromatic carbocycles. The van der Waals surface area contributed by atoms with Crippen LogP contribution in [-0.2, 0) is 6.42 Å². The third-order valence-corrected chi connectivity index (χ3v) is 4.04. The molecule has 0 saturated heterocycles. The highest BCUT2D eigenvalue weighted by atomic mass is 19.1. The van der Waals surface area contributed by atoms with Gasteiger partial charge < -0.3 is 18.9 Å². The predicted octanol–water partition coefficient (Wildman–Crippen LogP) is 3.43. The van der Waals surface area contributed by atoms with E-state index < -0.39 is 17.7 Å². The minimum atomic E-state index is -0.450. The van der Waals surface area contributed by atoms with Gasteiger partial charge in [0.05, 0.1) is 0 Å². The van der Waals surface area contributed by atoms with E-state index in [-0.39, 0.29) is 24.5 Å². The van der Waals surface area contributed by atoms with E-state index in [2.05, 4.69) is 0 Å². The summed E-state index contributed by atoms with van der Waals surface area (Å²) in [4.78, 5) is 0. The highest BCUT2D eigenvalue weighted by Crippen LogP contribution is 2.38. The first-order valence-corrected chi connectivity index (χ1v) is 7.78. The number of ether oxygens (including phenoxy) is 4. The van der Waals surface area contributed by atoms with E-state index in [4.69, 9.17) is 18.9 Å². The predicted molar refractivity (Wildman–Crippen MR) is 82.1 cm³/mol. The third kappa shape index (κ3) is 2.62. The lowest BCUT2D eigenvalue weighted by Gasteiger charge is -2.27. The van der Waals surface area contributed by atoms with E-state index in [0.29, 0.717) is 30.3 Å². The van der Waals surface area contributed by atoms with Crippen molar-refractivity contribution in [2.24, 2.45) is 0 Å². The molecular weight excluding hydrogens is 318 g/mol. The zero-order valence-corrected chi connectivity index (χ0v) is 13.1. The van der Waals surface area contributed by atoms with Crippen molar-refractivity contribution < 1.29 is 27.7 Å². The maximum absolute atomic E-state index is 14.6. The fourth-order valence-corrected chi connectivity index (χ4v) is 2.94. The molecule has 0 bridgehead atoms. The van der Waals surface area contributed by atoms with Crippen LogP contribution in [0.2, 0.25) is 0 Å². The van der Waals surface area contributed by atoms with Crippen molar-refractivity contribution >= 4 is 0 Å². The Morgan fingerprint density at radius 2 is 1.83 bits per heavy atom. The molecule has 2 aliphatic rings. The minimum absolute atomic E-state index is 0.111. The highest BCUT2D eigenvalue weighted by molar-refractivity contribution is 5.47. The van der Waals surface area contributed by atoms with Crippen LogP contribution < -0.4 is 18.9 Å². The molecule has 0 radical (unpaired) electrons. The van der Waals surface area contributed by atoms with Gasteiger partial charge in [0.1, 0.15) is 25.9 Å². The first-order valence-electron chi connectivity index (χ1n) is 7.78. The summed E-state index contributed by atoms with van der Waals surface area (Å²) in [6.45, 7) is 2.66. The van der Waals surface area contributed by atoms with Gasteiger partial charge in [-0.3, -0.25) is 0 Å². The average Bonchev–Trinajstić information content (AvgIpc) is 2.57. The second-order valence-electron chi connectivity index (χ2n) is 5.89. The van der Waals surface area contributed by atoms with Crippen LogP contribution in [0.3, 0.4) is 0 Å². The summed E-state index contributed by atoms with van der Waals surface area (Å²) < 4.78 is 50.4. The molecule has 0 spiro atoms. The molecule has 0 aromatic heterocycles. The Morgan fingerprint density at radius 3 is 2.71 bits per heavy atom. The fraction of sp³-hybridized carbons (Fsp3) is 0.333. The van der Waals surface area contributed by atoms with E-state index >= 15 is 0 Å². The normalized spacial score (nSPS) is 18.4. The molecule has 1 atom stereocenters. The average molecular weight is 334 g/mol. The number of aryl methyl sites for hydroxylation is 1. The van der Waals surface area contributed by atoms with E-state index in [9.17, 15) is 8.78 Å². The van der Waals surface area contributed by atoms with Crippen LogP contribution in [0, 0.1) is 18.6 Å². The minimum Gasteiger partial charge on any atom is -0.486 e. The molecule has 1 unspecified atom stereocenters. The van der Waals surface area contributed by atoms with Crippen LogP contribution >= 0.6 is 0 Å². The van der Waals surface area contributed by atoms with Crippen LogP contribution in [0.5, 0.6) is 23.0 Å². The van der Waals surface area contributed by atoms with Crippen LogP contribution in [0.4, 0.5) is 8.78 Å². The second kappa shape index (κ2) is 5.85. The zero-order valence-electron chi connectivity index (χ0n) is 13.1. The van der Waals surface area contributed by atoms with Gasteiger partial charge in [0.2, 0.25) is 0 Å². The number of hydrogen-bond acceptors (Lipinski definition) is 4. The van der Waals surface area contributed by atoms with E-state index in [1.807, 2.05) is 0 Å². The topological polar surface area (TPSA) is 36.9 Å². The summed E-state index contributed by atoms with van der Waals surface area (Å²) in [7, 11) is 0. The molecule has 126 valence electrons. The van der Waals surface area contributed by atoms with Gasteiger partial charge in [0, 0.05) is 6.42 Å². The number of halogens is 2. The van der Waals surface area contributed by atoms with Crippen LogP contribution in [0.25, 0.3) is 0 Å². The summed E-state index contributed by atoms with van der Waals surface area (Å²) in [5, 5.41) is 0. The van der Waals surface area contributed by atoms with Gasteiger partial charge in [0.15, 0.2) is 34.6 Å². The van der Waals surface area contributed by atoms with Gasteiger partial charge in [-0.2, -0.15) is 0 Å².